The summed E-state index contributed by atoms with van der Waals surface area (Å²) in [7, 11) is 2.03. The van der Waals surface area contributed by atoms with Gasteiger partial charge in [0.25, 0.3) is 0 Å². The lowest BCUT2D eigenvalue weighted by molar-refractivity contribution is -0.122. The molecule has 0 bridgehead atoms. The number of hydrogen-bond donors (Lipinski definition) is 2. The second kappa shape index (κ2) is 9.00. The Labute approximate surface area is 97.0 Å². The number of rotatable bonds is 8. The first kappa shape index (κ1) is 14.7. The van der Waals surface area contributed by atoms with Crippen LogP contribution in [0.15, 0.2) is 0 Å². The Morgan fingerprint density at radius 3 is 2.80 bits per heavy atom. The lowest BCUT2D eigenvalue weighted by atomic mass is 10.2. The number of nitrogens with two attached hydrogens (primary N) is 1. The normalized spacial score (nSPS) is 12.9. The van der Waals surface area contributed by atoms with Gasteiger partial charge in [-0.2, -0.15) is 11.8 Å². The smallest absolute Gasteiger partial charge is 0.236 e. The van der Waals surface area contributed by atoms with Gasteiger partial charge in [-0.3, -0.25) is 4.79 Å². The van der Waals surface area contributed by atoms with Gasteiger partial charge in [-0.1, -0.05) is 6.92 Å². The molecule has 0 aliphatic heterocycles. The van der Waals surface area contributed by atoms with Crippen LogP contribution in [0.3, 0.4) is 0 Å². The van der Waals surface area contributed by atoms with E-state index in [0.29, 0.717) is 6.54 Å². The minimum Gasteiger partial charge on any atom is -0.353 e. The molecule has 1 atom stereocenters. The van der Waals surface area contributed by atoms with E-state index in [0.717, 1.165) is 25.3 Å². The molecule has 0 spiro atoms. The number of carbonyl (C=O) groups excluding carboxylic acids is 1. The number of likely N-dealkylation sites (N-methyl/N-ethyl adjacent to an activating group) is 1. The quantitative estimate of drug-likeness (QED) is 0.626. The molecule has 0 saturated carbocycles. The molecule has 5 heteroatoms. The Morgan fingerprint density at radius 1 is 1.60 bits per heavy atom. The molecule has 90 valence electrons. The topological polar surface area (TPSA) is 58.4 Å². The van der Waals surface area contributed by atoms with E-state index in [2.05, 4.69) is 17.1 Å². The molecule has 0 fully saturated rings. The maximum absolute atomic E-state index is 11.5. The fourth-order valence-electron chi connectivity index (χ4n) is 1.04. The first-order valence-corrected chi connectivity index (χ1v) is 6.72. The van der Waals surface area contributed by atoms with Crippen LogP contribution >= 0.6 is 11.8 Å². The highest BCUT2D eigenvalue weighted by atomic mass is 32.2. The van der Waals surface area contributed by atoms with Gasteiger partial charge in [-0.05, 0) is 32.0 Å². The van der Waals surface area contributed by atoms with Crippen molar-refractivity contribution in [3.63, 3.8) is 0 Å². The van der Waals surface area contributed by atoms with Crippen molar-refractivity contribution in [1.82, 2.24) is 10.2 Å². The summed E-state index contributed by atoms with van der Waals surface area (Å²) in [5.41, 5.74) is 5.71. The molecule has 15 heavy (non-hydrogen) atoms. The Bertz CT molecular complexity index is 178. The maximum Gasteiger partial charge on any atom is 0.236 e. The standard InChI is InChI=1S/C10H23N3OS/c1-4-13(2)7-6-12-10(14)9(11)5-8-15-3/h9H,4-8,11H2,1-3H3,(H,12,14)/t9-/m1/s1. The highest BCUT2D eigenvalue weighted by Gasteiger charge is 2.11. The summed E-state index contributed by atoms with van der Waals surface area (Å²) >= 11 is 1.71. The number of amides is 1. The van der Waals surface area contributed by atoms with Gasteiger partial charge in [0, 0.05) is 13.1 Å². The van der Waals surface area contributed by atoms with Crippen LogP contribution in [-0.2, 0) is 4.79 Å². The summed E-state index contributed by atoms with van der Waals surface area (Å²) in [6.45, 7) is 4.63. The van der Waals surface area contributed by atoms with Crippen molar-refractivity contribution < 1.29 is 4.79 Å². The summed E-state index contributed by atoms with van der Waals surface area (Å²) in [6, 6.07) is -0.357. The maximum atomic E-state index is 11.5. The molecular weight excluding hydrogens is 210 g/mol. The second-order valence-electron chi connectivity index (χ2n) is 3.57. The third-order valence-electron chi connectivity index (χ3n) is 2.30. The molecule has 0 aromatic heterocycles. The van der Waals surface area contributed by atoms with E-state index < -0.39 is 0 Å². The third kappa shape index (κ3) is 7.64. The largest absolute Gasteiger partial charge is 0.353 e. The number of nitrogens with zero attached hydrogens (tertiary/aromatic N) is 1. The number of thioether (sulfide) groups is 1. The highest BCUT2D eigenvalue weighted by Crippen LogP contribution is 1.98. The van der Waals surface area contributed by atoms with Gasteiger partial charge in [-0.25, -0.2) is 0 Å². The first-order chi connectivity index (χ1) is 7.11. The molecule has 4 nitrogen and oxygen atoms in total. The van der Waals surface area contributed by atoms with E-state index in [4.69, 9.17) is 5.73 Å². The van der Waals surface area contributed by atoms with Crippen LogP contribution in [0.5, 0.6) is 0 Å². The van der Waals surface area contributed by atoms with E-state index in [9.17, 15) is 4.79 Å². The van der Waals surface area contributed by atoms with Gasteiger partial charge in [0.1, 0.15) is 0 Å². The van der Waals surface area contributed by atoms with Gasteiger partial charge in [0.15, 0.2) is 0 Å². The fourth-order valence-corrected chi connectivity index (χ4v) is 1.52. The summed E-state index contributed by atoms with van der Waals surface area (Å²) in [5.74, 6) is 0.900. The Kier molecular flexibility index (Phi) is 8.85. The average molecular weight is 233 g/mol. The van der Waals surface area contributed by atoms with Gasteiger partial charge < -0.3 is 16.0 Å². The molecule has 0 aromatic carbocycles. The van der Waals surface area contributed by atoms with E-state index >= 15 is 0 Å². The average Bonchev–Trinajstić information content (AvgIpc) is 2.25. The monoisotopic (exact) mass is 233 g/mol. The minimum absolute atomic E-state index is 0.0337. The van der Waals surface area contributed by atoms with Crippen molar-refractivity contribution >= 4 is 17.7 Å². The van der Waals surface area contributed by atoms with Crippen LogP contribution in [-0.4, -0.2) is 55.5 Å². The molecule has 0 aliphatic rings. The zero-order chi connectivity index (χ0) is 11.7. The van der Waals surface area contributed by atoms with E-state index in [1.165, 1.54) is 0 Å². The van der Waals surface area contributed by atoms with Gasteiger partial charge >= 0.3 is 0 Å². The molecular formula is C10H23N3OS. The Balaban J connectivity index is 3.55. The Hall–Kier alpha value is -0.260. The summed E-state index contributed by atoms with van der Waals surface area (Å²) in [4.78, 5) is 13.6. The van der Waals surface area contributed by atoms with Crippen molar-refractivity contribution in [2.24, 2.45) is 5.73 Å². The third-order valence-corrected chi connectivity index (χ3v) is 2.95. The second-order valence-corrected chi connectivity index (χ2v) is 4.56. The zero-order valence-corrected chi connectivity index (χ0v) is 10.8. The van der Waals surface area contributed by atoms with Crippen molar-refractivity contribution in [1.29, 1.82) is 0 Å². The van der Waals surface area contributed by atoms with Crippen LogP contribution in [0.25, 0.3) is 0 Å². The highest BCUT2D eigenvalue weighted by molar-refractivity contribution is 7.98. The van der Waals surface area contributed by atoms with Crippen molar-refractivity contribution in [3.05, 3.63) is 0 Å². The molecule has 0 heterocycles. The van der Waals surface area contributed by atoms with Crippen LogP contribution in [0.2, 0.25) is 0 Å². The van der Waals surface area contributed by atoms with Crippen molar-refractivity contribution in [3.8, 4) is 0 Å². The molecule has 0 saturated heterocycles. The first-order valence-electron chi connectivity index (χ1n) is 5.32. The van der Waals surface area contributed by atoms with Crippen LogP contribution < -0.4 is 11.1 Å². The summed E-state index contributed by atoms with van der Waals surface area (Å²) < 4.78 is 0. The molecule has 3 N–H and O–H groups in total. The molecule has 0 rings (SSSR count). The lowest BCUT2D eigenvalue weighted by Crippen LogP contribution is -2.43. The van der Waals surface area contributed by atoms with E-state index in [1.54, 1.807) is 11.8 Å². The van der Waals surface area contributed by atoms with Crippen molar-refractivity contribution in [2.45, 2.75) is 19.4 Å². The molecule has 0 radical (unpaired) electrons. The molecule has 1 amide bonds. The van der Waals surface area contributed by atoms with Gasteiger partial charge in [0.2, 0.25) is 5.91 Å². The zero-order valence-electron chi connectivity index (χ0n) is 9.95. The van der Waals surface area contributed by atoms with Crippen LogP contribution in [0.1, 0.15) is 13.3 Å². The molecule has 0 unspecified atom stereocenters. The lowest BCUT2D eigenvalue weighted by Gasteiger charge is -2.16. The molecule has 0 aliphatic carbocycles. The summed E-state index contributed by atoms with van der Waals surface area (Å²) in [6.07, 6.45) is 2.76. The predicted octanol–water partition coefficient (Wildman–Crippen LogP) is 0.135. The number of carbonyl (C=O) groups is 1. The minimum atomic E-state index is -0.357. The summed E-state index contributed by atoms with van der Waals surface area (Å²) in [5, 5.41) is 2.84. The van der Waals surface area contributed by atoms with Gasteiger partial charge in [-0.15, -0.1) is 0 Å². The van der Waals surface area contributed by atoms with Crippen LogP contribution in [0.4, 0.5) is 0 Å². The van der Waals surface area contributed by atoms with E-state index in [-0.39, 0.29) is 11.9 Å². The van der Waals surface area contributed by atoms with E-state index in [1.807, 2.05) is 13.3 Å². The predicted molar refractivity (Wildman–Crippen MR) is 67.2 cm³/mol. The SMILES string of the molecule is CCN(C)CCNC(=O)[C@H](N)CCSC. The number of hydrogen-bond acceptors (Lipinski definition) is 4. The molecule has 0 aromatic rings. The number of nitrogens with one attached hydrogen (secondary N) is 1. The fraction of sp³-hybridized carbons (Fsp3) is 0.900. The van der Waals surface area contributed by atoms with Gasteiger partial charge in [0.05, 0.1) is 6.04 Å². The Morgan fingerprint density at radius 2 is 2.27 bits per heavy atom. The van der Waals surface area contributed by atoms with Crippen molar-refractivity contribution in [2.75, 3.05) is 38.7 Å². The van der Waals surface area contributed by atoms with Crippen LogP contribution in [0, 0.1) is 0 Å².